The Morgan fingerprint density at radius 2 is 1.61 bits per heavy atom. The molecule has 1 amide bonds. The van der Waals surface area contributed by atoms with Crippen molar-refractivity contribution in [2.75, 3.05) is 37.7 Å². The standard InChI is InChI=1S/C20H27N3O4S/c1-16(20(24)21-14-15-22(2)3)23(28(4,25)26)17-10-12-19(13-11-17)27-18-8-6-5-7-9-18/h5-13,16H,14-15H2,1-4H3,(H,21,24)/t16-/m1/s1. The second-order valence-corrected chi connectivity index (χ2v) is 8.60. The second-order valence-electron chi connectivity index (χ2n) is 6.74. The quantitative estimate of drug-likeness (QED) is 0.693. The number of para-hydroxylation sites is 1. The lowest BCUT2D eigenvalue weighted by Crippen LogP contribution is -2.48. The molecule has 0 bridgehead atoms. The lowest BCUT2D eigenvalue weighted by Gasteiger charge is -2.28. The van der Waals surface area contributed by atoms with Crippen LogP contribution in [-0.2, 0) is 14.8 Å². The summed E-state index contributed by atoms with van der Waals surface area (Å²) in [6.45, 7) is 2.68. The maximum atomic E-state index is 12.4. The zero-order valence-corrected chi connectivity index (χ0v) is 17.4. The van der Waals surface area contributed by atoms with Gasteiger partial charge >= 0.3 is 0 Å². The Kier molecular flexibility index (Phi) is 7.42. The zero-order valence-electron chi connectivity index (χ0n) is 16.6. The number of anilines is 1. The van der Waals surface area contributed by atoms with Crippen molar-refractivity contribution < 1.29 is 17.9 Å². The van der Waals surface area contributed by atoms with Gasteiger partial charge in [0, 0.05) is 13.1 Å². The SMILES string of the molecule is C[C@H](C(=O)NCCN(C)C)N(c1ccc(Oc2ccccc2)cc1)S(C)(=O)=O. The molecular weight excluding hydrogens is 378 g/mol. The average molecular weight is 406 g/mol. The van der Waals surface area contributed by atoms with Crippen molar-refractivity contribution in [3.05, 3.63) is 54.6 Å². The predicted octanol–water partition coefficient (Wildman–Crippen LogP) is 2.31. The second kappa shape index (κ2) is 9.57. The van der Waals surface area contributed by atoms with Crippen LogP contribution >= 0.6 is 0 Å². The van der Waals surface area contributed by atoms with Crippen molar-refractivity contribution in [1.29, 1.82) is 0 Å². The number of nitrogens with zero attached hydrogens (tertiary/aromatic N) is 2. The van der Waals surface area contributed by atoms with Gasteiger partial charge in [0.2, 0.25) is 15.9 Å². The lowest BCUT2D eigenvalue weighted by molar-refractivity contribution is -0.121. The molecule has 152 valence electrons. The van der Waals surface area contributed by atoms with Gasteiger partial charge in [-0.15, -0.1) is 0 Å². The maximum absolute atomic E-state index is 12.4. The summed E-state index contributed by atoms with van der Waals surface area (Å²) in [5, 5.41) is 2.77. The van der Waals surface area contributed by atoms with E-state index in [1.165, 1.54) is 0 Å². The van der Waals surface area contributed by atoms with Crippen LogP contribution in [0.15, 0.2) is 54.6 Å². The Bertz CT molecular complexity index is 868. The van der Waals surface area contributed by atoms with Crippen molar-refractivity contribution in [2.45, 2.75) is 13.0 Å². The van der Waals surface area contributed by atoms with Crippen LogP contribution in [0.1, 0.15) is 6.92 Å². The number of sulfonamides is 1. The van der Waals surface area contributed by atoms with Gasteiger partial charge < -0.3 is 15.0 Å². The summed E-state index contributed by atoms with van der Waals surface area (Å²) in [6.07, 6.45) is 1.09. The van der Waals surface area contributed by atoms with E-state index < -0.39 is 16.1 Å². The highest BCUT2D eigenvalue weighted by Gasteiger charge is 2.28. The van der Waals surface area contributed by atoms with Gasteiger partial charge in [0.1, 0.15) is 17.5 Å². The molecule has 0 unspecified atom stereocenters. The fourth-order valence-corrected chi connectivity index (χ4v) is 3.82. The molecule has 0 saturated heterocycles. The van der Waals surface area contributed by atoms with Crippen LogP contribution in [0.25, 0.3) is 0 Å². The van der Waals surface area contributed by atoms with Gasteiger partial charge in [-0.1, -0.05) is 18.2 Å². The highest BCUT2D eigenvalue weighted by molar-refractivity contribution is 7.92. The third kappa shape index (κ3) is 6.24. The molecule has 2 aromatic carbocycles. The normalized spacial score (nSPS) is 12.5. The van der Waals surface area contributed by atoms with E-state index >= 15 is 0 Å². The third-order valence-electron chi connectivity index (χ3n) is 4.02. The molecule has 7 nitrogen and oxygen atoms in total. The van der Waals surface area contributed by atoms with Crippen molar-refractivity contribution in [1.82, 2.24) is 10.2 Å². The van der Waals surface area contributed by atoms with Crippen molar-refractivity contribution >= 4 is 21.6 Å². The number of carbonyl (C=O) groups excluding carboxylic acids is 1. The largest absolute Gasteiger partial charge is 0.457 e. The van der Waals surface area contributed by atoms with Crippen molar-refractivity contribution in [2.24, 2.45) is 0 Å². The van der Waals surface area contributed by atoms with E-state index in [9.17, 15) is 13.2 Å². The molecule has 0 aliphatic carbocycles. The number of hydrogen-bond acceptors (Lipinski definition) is 5. The van der Waals surface area contributed by atoms with Crippen LogP contribution in [0.3, 0.4) is 0 Å². The molecular formula is C20H27N3O4S. The van der Waals surface area contributed by atoms with Gasteiger partial charge in [0.15, 0.2) is 0 Å². The minimum Gasteiger partial charge on any atom is -0.457 e. The smallest absolute Gasteiger partial charge is 0.243 e. The van der Waals surface area contributed by atoms with E-state index in [1.54, 1.807) is 31.2 Å². The summed E-state index contributed by atoms with van der Waals surface area (Å²) in [6, 6.07) is 15.0. The lowest BCUT2D eigenvalue weighted by atomic mass is 10.2. The van der Waals surface area contributed by atoms with Crippen LogP contribution < -0.4 is 14.4 Å². The minimum absolute atomic E-state index is 0.350. The van der Waals surface area contributed by atoms with E-state index in [4.69, 9.17) is 4.74 Å². The molecule has 8 heteroatoms. The Morgan fingerprint density at radius 1 is 1.04 bits per heavy atom. The van der Waals surface area contributed by atoms with E-state index in [1.807, 2.05) is 49.3 Å². The fraction of sp³-hybridized carbons (Fsp3) is 0.350. The predicted molar refractivity (Wildman–Crippen MR) is 111 cm³/mol. The molecule has 0 radical (unpaired) electrons. The van der Waals surface area contributed by atoms with Crippen molar-refractivity contribution in [3.8, 4) is 11.5 Å². The van der Waals surface area contributed by atoms with Crippen molar-refractivity contribution in [3.63, 3.8) is 0 Å². The highest BCUT2D eigenvalue weighted by Crippen LogP contribution is 2.26. The molecule has 1 atom stereocenters. The van der Waals surface area contributed by atoms with Crippen LogP contribution in [0.5, 0.6) is 11.5 Å². The van der Waals surface area contributed by atoms with Crippen LogP contribution in [0, 0.1) is 0 Å². The van der Waals surface area contributed by atoms with Crippen LogP contribution in [0.4, 0.5) is 5.69 Å². The van der Waals surface area contributed by atoms with E-state index in [2.05, 4.69) is 5.32 Å². The molecule has 0 heterocycles. The van der Waals surface area contributed by atoms with E-state index in [0.717, 1.165) is 10.6 Å². The first-order valence-electron chi connectivity index (χ1n) is 8.93. The topological polar surface area (TPSA) is 79.0 Å². The van der Waals surface area contributed by atoms with Gasteiger partial charge in [0.25, 0.3) is 0 Å². The number of rotatable bonds is 9. The zero-order chi connectivity index (χ0) is 20.7. The maximum Gasteiger partial charge on any atom is 0.243 e. The molecule has 2 rings (SSSR count). The van der Waals surface area contributed by atoms with E-state index in [0.29, 0.717) is 30.3 Å². The molecule has 0 saturated carbocycles. The first-order chi connectivity index (χ1) is 13.2. The first-order valence-corrected chi connectivity index (χ1v) is 10.8. The summed E-state index contributed by atoms with van der Waals surface area (Å²) in [7, 11) is 0.146. The molecule has 0 aromatic heterocycles. The number of nitrogens with one attached hydrogen (secondary N) is 1. The van der Waals surface area contributed by atoms with Gasteiger partial charge in [-0.2, -0.15) is 0 Å². The summed E-state index contributed by atoms with van der Waals surface area (Å²) < 4.78 is 31.5. The molecule has 0 aliphatic rings. The van der Waals surface area contributed by atoms with Gasteiger partial charge in [-0.05, 0) is 57.4 Å². The van der Waals surface area contributed by atoms with Gasteiger partial charge in [-0.25, -0.2) is 8.42 Å². The molecule has 1 N–H and O–H groups in total. The first kappa shape index (κ1) is 21.7. The summed E-state index contributed by atoms with van der Waals surface area (Å²) in [5.74, 6) is 0.909. The van der Waals surface area contributed by atoms with E-state index in [-0.39, 0.29) is 5.91 Å². The molecule has 0 spiro atoms. The van der Waals surface area contributed by atoms with Crippen LogP contribution in [0.2, 0.25) is 0 Å². The summed E-state index contributed by atoms with van der Waals surface area (Å²) in [4.78, 5) is 14.4. The number of amides is 1. The molecule has 0 fully saturated rings. The minimum atomic E-state index is -3.65. The summed E-state index contributed by atoms with van der Waals surface area (Å²) >= 11 is 0. The van der Waals surface area contributed by atoms with Crippen LogP contribution in [-0.4, -0.2) is 58.7 Å². The molecule has 0 aliphatic heterocycles. The monoisotopic (exact) mass is 405 g/mol. The fourth-order valence-electron chi connectivity index (χ4n) is 2.64. The third-order valence-corrected chi connectivity index (χ3v) is 5.26. The molecule has 2 aromatic rings. The Morgan fingerprint density at radius 3 is 2.14 bits per heavy atom. The summed E-state index contributed by atoms with van der Waals surface area (Å²) in [5.41, 5.74) is 0.401. The van der Waals surface area contributed by atoms with Gasteiger partial charge in [-0.3, -0.25) is 9.10 Å². The molecule has 28 heavy (non-hydrogen) atoms. The number of hydrogen-bond donors (Lipinski definition) is 1. The number of carbonyl (C=O) groups is 1. The average Bonchev–Trinajstić information content (AvgIpc) is 2.62. The number of benzene rings is 2. The Hall–Kier alpha value is -2.58. The Labute approximate surface area is 167 Å². The Balaban J connectivity index is 2.15. The number of likely N-dealkylation sites (N-methyl/N-ethyl adjacent to an activating group) is 1. The number of ether oxygens (including phenoxy) is 1. The highest BCUT2D eigenvalue weighted by atomic mass is 32.2. The van der Waals surface area contributed by atoms with Gasteiger partial charge in [0.05, 0.1) is 11.9 Å².